The topological polar surface area (TPSA) is 75.4 Å². The summed E-state index contributed by atoms with van der Waals surface area (Å²) in [5, 5.41) is 0. The van der Waals surface area contributed by atoms with Crippen LogP contribution in [-0.2, 0) is 9.09 Å². The van der Waals surface area contributed by atoms with Gasteiger partial charge in [-0.1, -0.05) is 0 Å². The molecule has 0 saturated heterocycles. The van der Waals surface area contributed by atoms with Crippen LogP contribution in [0.25, 0.3) is 0 Å². The van der Waals surface area contributed by atoms with E-state index in [2.05, 4.69) is 10.0 Å². The standard InChI is InChI=1S/C2H8NO3P/c1-2-6-7(3,4)5/h2H2,1H3,(H3,3,4,5)/p-1. The smallest absolute Gasteiger partial charge is 0.201 e. The molecule has 0 aromatic heterocycles. The van der Waals surface area contributed by atoms with E-state index in [1.54, 1.807) is 6.92 Å². The molecular weight excluding hydrogens is 117 g/mol. The summed E-state index contributed by atoms with van der Waals surface area (Å²) < 4.78 is 13.8. The first-order valence-electron chi connectivity index (χ1n) is 1.80. The molecule has 44 valence electrons. The van der Waals surface area contributed by atoms with Crippen molar-refractivity contribution < 1.29 is 14.0 Å². The zero-order valence-electron chi connectivity index (χ0n) is 3.96. The van der Waals surface area contributed by atoms with Crippen molar-refractivity contribution in [2.24, 2.45) is 5.50 Å². The molecule has 0 rings (SSSR count). The van der Waals surface area contributed by atoms with E-state index < -0.39 is 7.75 Å². The molecule has 1 atom stereocenters. The van der Waals surface area contributed by atoms with E-state index >= 15 is 0 Å². The Bertz CT molecular complexity index is 86.9. The molecule has 0 aliphatic carbocycles. The average Bonchev–Trinajstić information content (AvgIpc) is 1.30. The van der Waals surface area contributed by atoms with Gasteiger partial charge in [0, 0.05) is 0 Å². The van der Waals surface area contributed by atoms with Gasteiger partial charge < -0.3 is 9.42 Å². The predicted octanol–water partition coefficient (Wildman–Crippen LogP) is -0.550. The van der Waals surface area contributed by atoms with Gasteiger partial charge in [0.25, 0.3) is 0 Å². The maximum absolute atomic E-state index is 9.81. The molecule has 0 spiro atoms. The van der Waals surface area contributed by atoms with E-state index in [1.807, 2.05) is 0 Å². The highest BCUT2D eigenvalue weighted by Gasteiger charge is 1.92. The van der Waals surface area contributed by atoms with Gasteiger partial charge in [0.1, 0.15) is 0 Å². The summed E-state index contributed by atoms with van der Waals surface area (Å²) in [6.07, 6.45) is 0. The molecule has 1 unspecified atom stereocenters. The normalized spacial score (nSPS) is 18.7. The monoisotopic (exact) mass is 124 g/mol. The lowest BCUT2D eigenvalue weighted by Gasteiger charge is -2.14. The van der Waals surface area contributed by atoms with Gasteiger partial charge in [-0.05, 0) is 6.92 Å². The lowest BCUT2D eigenvalue weighted by Crippen LogP contribution is -2.11. The van der Waals surface area contributed by atoms with Crippen molar-refractivity contribution in [3.05, 3.63) is 0 Å². The molecule has 0 heterocycles. The molecule has 0 aliphatic rings. The second-order valence-corrected chi connectivity index (χ2v) is 2.30. The Morgan fingerprint density at radius 3 is 2.43 bits per heavy atom. The van der Waals surface area contributed by atoms with Gasteiger partial charge in [0.15, 0.2) is 0 Å². The Kier molecular flexibility index (Phi) is 2.46. The minimum absolute atomic E-state index is 0.108. The fourth-order valence-electron chi connectivity index (χ4n) is 0.180. The van der Waals surface area contributed by atoms with Crippen LogP contribution in [0.15, 0.2) is 0 Å². The van der Waals surface area contributed by atoms with Crippen LogP contribution < -0.4 is 10.4 Å². The summed E-state index contributed by atoms with van der Waals surface area (Å²) in [6.45, 7) is 1.66. The average molecular weight is 124 g/mol. The lowest BCUT2D eigenvalue weighted by molar-refractivity contribution is -0.198. The van der Waals surface area contributed by atoms with Crippen LogP contribution in [0.2, 0.25) is 0 Å². The number of hydrogen-bond donors (Lipinski definition) is 1. The van der Waals surface area contributed by atoms with Gasteiger partial charge in [0.05, 0.1) is 6.61 Å². The van der Waals surface area contributed by atoms with E-state index in [1.165, 1.54) is 0 Å². The molecule has 0 fully saturated rings. The molecule has 0 aromatic carbocycles. The number of rotatable bonds is 2. The van der Waals surface area contributed by atoms with Crippen LogP contribution in [0.3, 0.4) is 0 Å². The molecule has 0 radical (unpaired) electrons. The SMILES string of the molecule is CCOP(N)(=O)[O-]. The summed E-state index contributed by atoms with van der Waals surface area (Å²) in [5.74, 6) is 0. The molecule has 0 bridgehead atoms. The van der Waals surface area contributed by atoms with Crippen LogP contribution in [0.4, 0.5) is 0 Å². The Labute approximate surface area is 41.9 Å². The van der Waals surface area contributed by atoms with E-state index in [-0.39, 0.29) is 6.61 Å². The Balaban J connectivity index is 3.36. The third kappa shape index (κ3) is 6.11. The van der Waals surface area contributed by atoms with Crippen LogP contribution >= 0.6 is 7.75 Å². The quantitative estimate of drug-likeness (QED) is 0.501. The molecule has 2 N–H and O–H groups in total. The first-order chi connectivity index (χ1) is 3.06. The predicted molar refractivity (Wildman–Crippen MR) is 23.4 cm³/mol. The molecule has 4 nitrogen and oxygen atoms in total. The van der Waals surface area contributed by atoms with Gasteiger partial charge in [-0.2, -0.15) is 0 Å². The van der Waals surface area contributed by atoms with Crippen LogP contribution in [0.1, 0.15) is 6.92 Å². The minimum Gasteiger partial charge on any atom is -0.766 e. The van der Waals surface area contributed by atoms with Crippen LogP contribution in [0.5, 0.6) is 0 Å². The second kappa shape index (κ2) is 2.43. The molecular formula is C2H7NO3P-. The lowest BCUT2D eigenvalue weighted by atomic mass is 10.9. The number of hydrogen-bond acceptors (Lipinski definition) is 3. The van der Waals surface area contributed by atoms with E-state index in [0.29, 0.717) is 0 Å². The summed E-state index contributed by atoms with van der Waals surface area (Å²) in [5.41, 5.74) is 4.42. The van der Waals surface area contributed by atoms with Crippen molar-refractivity contribution in [3.63, 3.8) is 0 Å². The highest BCUT2D eigenvalue weighted by atomic mass is 31.2. The van der Waals surface area contributed by atoms with Gasteiger partial charge in [-0.25, -0.2) is 0 Å². The second-order valence-electron chi connectivity index (χ2n) is 0.958. The fraction of sp³-hybridized carbons (Fsp3) is 1.00. The summed E-state index contributed by atoms with van der Waals surface area (Å²) in [7, 11) is -3.92. The zero-order valence-corrected chi connectivity index (χ0v) is 4.85. The molecule has 0 amide bonds. The van der Waals surface area contributed by atoms with Gasteiger partial charge in [-0.3, -0.25) is 10.1 Å². The van der Waals surface area contributed by atoms with Gasteiger partial charge in [-0.15, -0.1) is 0 Å². The molecule has 0 aliphatic heterocycles. The van der Waals surface area contributed by atoms with Crippen LogP contribution in [0, 0.1) is 0 Å². The largest absolute Gasteiger partial charge is 0.766 e. The molecule has 0 saturated carbocycles. The van der Waals surface area contributed by atoms with Crippen molar-refractivity contribution in [1.82, 2.24) is 0 Å². The molecule has 7 heavy (non-hydrogen) atoms. The summed E-state index contributed by atoms with van der Waals surface area (Å²) >= 11 is 0. The minimum atomic E-state index is -3.92. The van der Waals surface area contributed by atoms with Crippen molar-refractivity contribution >= 4 is 7.75 Å². The highest BCUT2D eigenvalue weighted by molar-refractivity contribution is 7.48. The van der Waals surface area contributed by atoms with Crippen LogP contribution in [-0.4, -0.2) is 6.61 Å². The Morgan fingerprint density at radius 1 is 2.00 bits per heavy atom. The van der Waals surface area contributed by atoms with E-state index in [9.17, 15) is 9.46 Å². The Morgan fingerprint density at radius 2 is 2.43 bits per heavy atom. The van der Waals surface area contributed by atoms with Crippen molar-refractivity contribution in [2.75, 3.05) is 6.61 Å². The van der Waals surface area contributed by atoms with E-state index in [4.69, 9.17) is 0 Å². The third-order valence-corrected chi connectivity index (χ3v) is 0.927. The highest BCUT2D eigenvalue weighted by Crippen LogP contribution is 2.23. The zero-order chi connectivity index (χ0) is 5.91. The first-order valence-corrected chi connectivity index (χ1v) is 3.41. The van der Waals surface area contributed by atoms with Crippen molar-refractivity contribution in [1.29, 1.82) is 0 Å². The van der Waals surface area contributed by atoms with Gasteiger partial charge in [0.2, 0.25) is 7.75 Å². The van der Waals surface area contributed by atoms with E-state index in [0.717, 1.165) is 0 Å². The van der Waals surface area contributed by atoms with Crippen molar-refractivity contribution in [2.45, 2.75) is 6.92 Å². The maximum atomic E-state index is 9.81. The Hall–Kier alpha value is 0.110. The molecule has 5 heteroatoms. The first kappa shape index (κ1) is 7.11. The number of nitrogens with two attached hydrogens (primary N) is 1. The fourth-order valence-corrected chi connectivity index (χ4v) is 0.540. The summed E-state index contributed by atoms with van der Waals surface area (Å²) in [6, 6.07) is 0. The van der Waals surface area contributed by atoms with Gasteiger partial charge >= 0.3 is 0 Å². The molecule has 0 aromatic rings. The maximum Gasteiger partial charge on any atom is 0.201 e. The van der Waals surface area contributed by atoms with Crippen molar-refractivity contribution in [3.8, 4) is 0 Å². The summed E-state index contributed by atoms with van der Waals surface area (Å²) in [4.78, 5) is 9.81. The third-order valence-electron chi connectivity index (χ3n) is 0.309.